The van der Waals surface area contributed by atoms with Gasteiger partial charge in [0.1, 0.15) is 18.5 Å². The van der Waals surface area contributed by atoms with Crippen LogP contribution in [0.15, 0.2) is 84.9 Å². The van der Waals surface area contributed by atoms with Crippen molar-refractivity contribution in [2.75, 3.05) is 7.11 Å². The minimum absolute atomic E-state index is 0.126. The van der Waals surface area contributed by atoms with Gasteiger partial charge in [-0.25, -0.2) is 18.0 Å². The number of hydrogen-bond donors (Lipinski definition) is 1. The third-order valence-corrected chi connectivity index (χ3v) is 6.98. The Kier molecular flexibility index (Phi) is 8.33. The zero-order valence-electron chi connectivity index (χ0n) is 22.4. The molecular weight excluding hydrogens is 551 g/mol. The average Bonchev–Trinajstić information content (AvgIpc) is 2.99. The summed E-state index contributed by atoms with van der Waals surface area (Å²) in [4.78, 5) is 27.6. The van der Waals surface area contributed by atoms with E-state index in [1.807, 2.05) is 30.3 Å². The van der Waals surface area contributed by atoms with Gasteiger partial charge in [0.2, 0.25) is 6.10 Å². The lowest BCUT2D eigenvalue weighted by Gasteiger charge is -2.37. The number of carboxylic acid groups (broad SMARTS) is 1. The van der Waals surface area contributed by atoms with Crippen LogP contribution in [0.2, 0.25) is 0 Å². The molecule has 0 aliphatic carbocycles. The maximum absolute atomic E-state index is 14.6. The Morgan fingerprint density at radius 2 is 1.57 bits per heavy atom. The van der Waals surface area contributed by atoms with Gasteiger partial charge in [-0.15, -0.1) is 0 Å². The van der Waals surface area contributed by atoms with Gasteiger partial charge in [0.15, 0.2) is 28.9 Å². The summed E-state index contributed by atoms with van der Waals surface area (Å²) in [7, 11) is 1.47. The number of halogens is 3. The van der Waals surface area contributed by atoms with Crippen LogP contribution in [-0.2, 0) is 29.2 Å². The summed E-state index contributed by atoms with van der Waals surface area (Å²) in [5.41, 5.74) is 2.29. The number of carbonyl (C=O) groups excluding carboxylic acids is 1. The summed E-state index contributed by atoms with van der Waals surface area (Å²) in [6.07, 6.45) is -1.76. The van der Waals surface area contributed by atoms with Crippen molar-refractivity contribution < 1.29 is 42.1 Å². The standard InChI is InChI=1S/C32H26F3NO6/c1-40-27-13-12-21-17-36(26(32(38)39)16-23(21)29(27)41-18-19-8-4-2-5-9-19)31(37)28(20-10-6-3-7-11-20)42-30-24(34)14-22(33)15-25(30)35/h2-15,26,28H,16-18H2,1H3,(H,38,39)/t26-,28?/m0/s1. The van der Waals surface area contributed by atoms with Crippen LogP contribution in [-0.4, -0.2) is 35.0 Å². The summed E-state index contributed by atoms with van der Waals surface area (Å²) in [5, 5.41) is 10.2. The highest BCUT2D eigenvalue weighted by Gasteiger charge is 2.41. The molecule has 1 unspecified atom stereocenters. The Bertz CT molecular complexity index is 1580. The molecule has 0 aromatic heterocycles. The number of ether oxygens (including phenoxy) is 3. The van der Waals surface area contributed by atoms with Gasteiger partial charge in [-0.3, -0.25) is 4.79 Å². The van der Waals surface area contributed by atoms with Crippen LogP contribution in [0.5, 0.6) is 17.2 Å². The van der Waals surface area contributed by atoms with Crippen LogP contribution < -0.4 is 14.2 Å². The summed E-state index contributed by atoms with van der Waals surface area (Å²) in [6.45, 7) is 0.0463. The minimum atomic E-state index is -1.63. The highest BCUT2D eigenvalue weighted by Crippen LogP contribution is 2.40. The molecule has 0 spiro atoms. The third kappa shape index (κ3) is 5.88. The maximum atomic E-state index is 14.6. The lowest BCUT2D eigenvalue weighted by Crippen LogP contribution is -2.51. The van der Waals surface area contributed by atoms with E-state index in [-0.39, 0.29) is 25.1 Å². The molecule has 5 rings (SSSR count). The van der Waals surface area contributed by atoms with Gasteiger partial charge in [-0.2, -0.15) is 0 Å². The number of hydrogen-bond acceptors (Lipinski definition) is 5. The molecule has 1 amide bonds. The van der Waals surface area contributed by atoms with Crippen LogP contribution in [0.4, 0.5) is 13.2 Å². The first-order chi connectivity index (χ1) is 20.3. The molecule has 0 radical (unpaired) electrons. The molecule has 1 aliphatic rings. The van der Waals surface area contributed by atoms with Crippen LogP contribution in [0.1, 0.15) is 28.4 Å². The van der Waals surface area contributed by atoms with E-state index in [0.29, 0.717) is 34.8 Å². The molecule has 4 aromatic rings. The second kappa shape index (κ2) is 12.3. The molecule has 216 valence electrons. The predicted molar refractivity (Wildman–Crippen MR) is 146 cm³/mol. The van der Waals surface area contributed by atoms with Crippen molar-refractivity contribution in [3.8, 4) is 17.2 Å². The van der Waals surface area contributed by atoms with Crippen LogP contribution in [0.25, 0.3) is 0 Å². The molecule has 1 heterocycles. The summed E-state index contributed by atoms with van der Waals surface area (Å²) < 4.78 is 59.8. The minimum Gasteiger partial charge on any atom is -0.493 e. The van der Waals surface area contributed by atoms with Gasteiger partial charge in [-0.1, -0.05) is 66.7 Å². The number of aliphatic carboxylic acids is 1. The molecule has 0 bridgehead atoms. The number of rotatable bonds is 9. The van der Waals surface area contributed by atoms with E-state index in [2.05, 4.69) is 0 Å². The zero-order valence-corrected chi connectivity index (χ0v) is 22.4. The molecule has 0 fully saturated rings. The number of fused-ring (bicyclic) bond motifs is 1. The Morgan fingerprint density at radius 1 is 0.929 bits per heavy atom. The van der Waals surface area contributed by atoms with E-state index in [9.17, 15) is 27.9 Å². The molecule has 7 nitrogen and oxygen atoms in total. The average molecular weight is 578 g/mol. The Labute approximate surface area is 239 Å². The van der Waals surface area contributed by atoms with Gasteiger partial charge in [0.25, 0.3) is 5.91 Å². The monoisotopic (exact) mass is 577 g/mol. The largest absolute Gasteiger partial charge is 0.493 e. The first-order valence-corrected chi connectivity index (χ1v) is 13.0. The smallest absolute Gasteiger partial charge is 0.326 e. The van der Waals surface area contributed by atoms with E-state index >= 15 is 0 Å². The Balaban J connectivity index is 1.51. The van der Waals surface area contributed by atoms with Crippen molar-refractivity contribution in [3.05, 3.63) is 125 Å². The van der Waals surface area contributed by atoms with Gasteiger partial charge >= 0.3 is 5.97 Å². The van der Waals surface area contributed by atoms with Gasteiger partial charge < -0.3 is 24.2 Å². The lowest BCUT2D eigenvalue weighted by atomic mass is 9.91. The summed E-state index contributed by atoms with van der Waals surface area (Å²) in [6, 6.07) is 20.2. The third-order valence-electron chi connectivity index (χ3n) is 6.98. The van der Waals surface area contributed by atoms with Gasteiger partial charge in [0, 0.05) is 36.2 Å². The van der Waals surface area contributed by atoms with Crippen molar-refractivity contribution in [2.45, 2.75) is 31.7 Å². The molecule has 0 saturated heterocycles. The SMILES string of the molecule is COc1ccc2c(c1OCc1ccccc1)C[C@@H](C(=O)O)N(C(=O)C(Oc1c(F)cc(F)cc1F)c1ccccc1)C2. The second-order valence-corrected chi connectivity index (χ2v) is 9.64. The van der Waals surface area contributed by atoms with Gasteiger partial charge in [0.05, 0.1) is 7.11 Å². The normalized spacial score (nSPS) is 15.0. The fraction of sp³-hybridized carbons (Fsp3) is 0.188. The first-order valence-electron chi connectivity index (χ1n) is 13.0. The van der Waals surface area contributed by atoms with E-state index in [0.717, 1.165) is 10.5 Å². The van der Waals surface area contributed by atoms with E-state index in [1.54, 1.807) is 30.3 Å². The Morgan fingerprint density at radius 3 is 2.19 bits per heavy atom. The van der Waals surface area contributed by atoms with Crippen molar-refractivity contribution in [1.29, 1.82) is 0 Å². The first kappa shape index (κ1) is 28.5. The fourth-order valence-electron chi connectivity index (χ4n) is 4.92. The highest BCUT2D eigenvalue weighted by atomic mass is 19.1. The van der Waals surface area contributed by atoms with Crippen LogP contribution in [0, 0.1) is 17.5 Å². The zero-order chi connectivity index (χ0) is 29.8. The van der Waals surface area contributed by atoms with Crippen LogP contribution in [0.3, 0.4) is 0 Å². The summed E-state index contributed by atoms with van der Waals surface area (Å²) in [5.74, 6) is -6.16. The Hall–Kier alpha value is -4.99. The predicted octanol–water partition coefficient (Wildman–Crippen LogP) is 5.85. The number of methoxy groups -OCH3 is 1. The molecule has 1 aliphatic heterocycles. The topological polar surface area (TPSA) is 85.3 Å². The molecule has 2 atom stereocenters. The number of nitrogens with zero attached hydrogens (tertiary/aromatic N) is 1. The van der Waals surface area contributed by atoms with Gasteiger partial charge in [-0.05, 0) is 17.2 Å². The van der Waals surface area contributed by atoms with Crippen molar-refractivity contribution in [1.82, 2.24) is 4.90 Å². The molecule has 4 aromatic carbocycles. The van der Waals surface area contributed by atoms with E-state index in [1.165, 1.54) is 19.2 Å². The quantitative estimate of drug-likeness (QED) is 0.269. The number of carbonyl (C=O) groups is 2. The van der Waals surface area contributed by atoms with Crippen LogP contribution >= 0.6 is 0 Å². The lowest BCUT2D eigenvalue weighted by molar-refractivity contribution is -0.155. The number of benzene rings is 4. The van der Waals surface area contributed by atoms with Crippen molar-refractivity contribution in [2.24, 2.45) is 0 Å². The van der Waals surface area contributed by atoms with Crippen molar-refractivity contribution in [3.63, 3.8) is 0 Å². The van der Waals surface area contributed by atoms with Crippen molar-refractivity contribution >= 4 is 11.9 Å². The fourth-order valence-corrected chi connectivity index (χ4v) is 4.92. The molecular formula is C32H26F3NO6. The highest BCUT2D eigenvalue weighted by molar-refractivity contribution is 5.88. The van der Waals surface area contributed by atoms with E-state index in [4.69, 9.17) is 14.2 Å². The molecule has 0 saturated carbocycles. The molecule has 10 heteroatoms. The number of amides is 1. The second-order valence-electron chi connectivity index (χ2n) is 9.64. The molecule has 42 heavy (non-hydrogen) atoms. The number of carboxylic acids is 1. The summed E-state index contributed by atoms with van der Waals surface area (Å²) >= 11 is 0. The molecule has 1 N–H and O–H groups in total. The van der Waals surface area contributed by atoms with E-state index < -0.39 is 47.2 Å². The maximum Gasteiger partial charge on any atom is 0.326 e.